The number of rotatable bonds is 3. The van der Waals surface area contributed by atoms with Gasteiger partial charge in [0.1, 0.15) is 5.82 Å². The molecule has 22 heavy (non-hydrogen) atoms. The van der Waals surface area contributed by atoms with Crippen molar-refractivity contribution in [2.24, 2.45) is 0 Å². The first-order chi connectivity index (χ1) is 10.5. The highest BCUT2D eigenvalue weighted by molar-refractivity contribution is 7.92. The second-order valence-electron chi connectivity index (χ2n) is 5.29. The second kappa shape index (κ2) is 6.06. The van der Waals surface area contributed by atoms with Crippen molar-refractivity contribution >= 4 is 15.7 Å². The van der Waals surface area contributed by atoms with Crippen LogP contribution < -0.4 is 10.0 Å². The highest BCUT2D eigenvalue weighted by Gasteiger charge is 2.17. The van der Waals surface area contributed by atoms with Gasteiger partial charge in [-0.3, -0.25) is 4.72 Å². The van der Waals surface area contributed by atoms with E-state index in [1.807, 2.05) is 6.07 Å². The quantitative estimate of drug-likeness (QED) is 0.912. The van der Waals surface area contributed by atoms with Crippen LogP contribution in [0.15, 0.2) is 47.4 Å². The molecule has 2 aromatic carbocycles. The van der Waals surface area contributed by atoms with E-state index < -0.39 is 15.8 Å². The van der Waals surface area contributed by atoms with E-state index >= 15 is 0 Å². The summed E-state index contributed by atoms with van der Waals surface area (Å²) in [7, 11) is -3.66. The van der Waals surface area contributed by atoms with Crippen molar-refractivity contribution in [2.45, 2.75) is 17.7 Å². The SMILES string of the molecule is O=S(=O)(Nc1ccc(F)cc1)c1ccc2c(c1)CCNCC2. The van der Waals surface area contributed by atoms with E-state index in [2.05, 4.69) is 10.0 Å². The highest BCUT2D eigenvalue weighted by Crippen LogP contribution is 2.21. The monoisotopic (exact) mass is 320 g/mol. The van der Waals surface area contributed by atoms with E-state index in [-0.39, 0.29) is 4.90 Å². The zero-order valence-corrected chi connectivity index (χ0v) is 12.8. The minimum Gasteiger partial charge on any atom is -0.316 e. The number of halogens is 1. The second-order valence-corrected chi connectivity index (χ2v) is 6.98. The molecule has 0 spiro atoms. The maximum atomic E-state index is 12.9. The van der Waals surface area contributed by atoms with E-state index in [0.29, 0.717) is 5.69 Å². The summed E-state index contributed by atoms with van der Waals surface area (Å²) in [6.45, 7) is 1.76. The third-order valence-corrected chi connectivity index (χ3v) is 5.11. The molecule has 0 amide bonds. The lowest BCUT2D eigenvalue weighted by molar-refractivity contribution is 0.600. The summed E-state index contributed by atoms with van der Waals surface area (Å²) in [4.78, 5) is 0.234. The Kier molecular flexibility index (Phi) is 4.13. The van der Waals surface area contributed by atoms with Gasteiger partial charge in [-0.25, -0.2) is 12.8 Å². The molecule has 2 aromatic rings. The predicted octanol–water partition coefficient (Wildman–Crippen LogP) is 2.31. The van der Waals surface area contributed by atoms with E-state index in [4.69, 9.17) is 0 Å². The van der Waals surface area contributed by atoms with E-state index in [9.17, 15) is 12.8 Å². The zero-order valence-electron chi connectivity index (χ0n) is 12.0. The van der Waals surface area contributed by atoms with Crippen molar-refractivity contribution < 1.29 is 12.8 Å². The molecule has 2 N–H and O–H groups in total. The Balaban J connectivity index is 1.88. The average Bonchev–Trinajstić information content (AvgIpc) is 2.74. The van der Waals surface area contributed by atoms with E-state index in [0.717, 1.165) is 31.5 Å². The molecule has 1 heterocycles. The first kappa shape index (κ1) is 15.0. The lowest BCUT2D eigenvalue weighted by Gasteiger charge is -2.11. The van der Waals surface area contributed by atoms with Gasteiger partial charge >= 0.3 is 0 Å². The molecule has 0 atom stereocenters. The largest absolute Gasteiger partial charge is 0.316 e. The Bertz CT molecular complexity index is 773. The molecule has 0 saturated carbocycles. The summed E-state index contributed by atoms with van der Waals surface area (Å²) < 4.78 is 40.2. The van der Waals surface area contributed by atoms with Crippen LogP contribution in [0.25, 0.3) is 0 Å². The number of anilines is 1. The Hall–Kier alpha value is -1.92. The number of benzene rings is 2. The van der Waals surface area contributed by atoms with Crippen LogP contribution in [0.2, 0.25) is 0 Å². The summed E-state index contributed by atoms with van der Waals surface area (Å²) in [5.74, 6) is -0.402. The minimum atomic E-state index is -3.66. The van der Waals surface area contributed by atoms with Crippen molar-refractivity contribution in [1.82, 2.24) is 5.32 Å². The van der Waals surface area contributed by atoms with E-state index in [1.165, 1.54) is 29.8 Å². The van der Waals surface area contributed by atoms with Crippen LogP contribution in [0, 0.1) is 5.82 Å². The molecule has 0 unspecified atom stereocenters. The van der Waals surface area contributed by atoms with Gasteiger partial charge in [0, 0.05) is 5.69 Å². The molecule has 3 rings (SSSR count). The molecule has 0 aromatic heterocycles. The van der Waals surface area contributed by atoms with Crippen LogP contribution in [-0.4, -0.2) is 21.5 Å². The third kappa shape index (κ3) is 3.28. The van der Waals surface area contributed by atoms with Crippen molar-refractivity contribution in [3.05, 3.63) is 59.4 Å². The molecule has 0 fully saturated rings. The molecular formula is C16H17FN2O2S. The smallest absolute Gasteiger partial charge is 0.261 e. The van der Waals surface area contributed by atoms with Crippen LogP contribution in [-0.2, 0) is 22.9 Å². The fraction of sp³-hybridized carbons (Fsp3) is 0.250. The van der Waals surface area contributed by atoms with Crippen LogP contribution in [0.4, 0.5) is 10.1 Å². The molecule has 116 valence electrons. The summed E-state index contributed by atoms with van der Waals surface area (Å²) in [5, 5.41) is 3.30. The number of sulfonamides is 1. The van der Waals surface area contributed by atoms with Gasteiger partial charge in [0.25, 0.3) is 10.0 Å². The standard InChI is InChI=1S/C16H17FN2O2S/c17-14-2-4-15(5-3-14)19-22(20,21)16-6-1-12-7-9-18-10-8-13(12)11-16/h1-6,11,18-19H,7-10H2. The van der Waals surface area contributed by atoms with Crippen LogP contribution in [0.3, 0.4) is 0 Å². The van der Waals surface area contributed by atoms with E-state index in [1.54, 1.807) is 12.1 Å². The van der Waals surface area contributed by atoms with Gasteiger partial charge < -0.3 is 5.32 Å². The van der Waals surface area contributed by atoms with Crippen LogP contribution >= 0.6 is 0 Å². The molecule has 0 aliphatic carbocycles. The molecule has 1 aliphatic heterocycles. The third-order valence-electron chi connectivity index (χ3n) is 3.73. The maximum Gasteiger partial charge on any atom is 0.261 e. The van der Waals surface area contributed by atoms with Gasteiger partial charge in [-0.05, 0) is 73.5 Å². The number of fused-ring (bicyclic) bond motifs is 1. The molecule has 0 bridgehead atoms. The Morgan fingerprint density at radius 3 is 2.36 bits per heavy atom. The van der Waals surface area contributed by atoms with Gasteiger partial charge in [0.2, 0.25) is 0 Å². The minimum absolute atomic E-state index is 0.234. The molecular weight excluding hydrogens is 303 g/mol. The van der Waals surface area contributed by atoms with Crippen molar-refractivity contribution in [1.29, 1.82) is 0 Å². The normalized spacial score (nSPS) is 15.0. The molecule has 4 nitrogen and oxygen atoms in total. The maximum absolute atomic E-state index is 12.9. The molecule has 0 saturated heterocycles. The Morgan fingerprint density at radius 2 is 1.64 bits per heavy atom. The average molecular weight is 320 g/mol. The molecule has 1 aliphatic rings. The predicted molar refractivity (Wildman–Crippen MR) is 83.9 cm³/mol. The van der Waals surface area contributed by atoms with Gasteiger partial charge in [0.05, 0.1) is 4.90 Å². The zero-order chi connectivity index (χ0) is 15.6. The van der Waals surface area contributed by atoms with Crippen molar-refractivity contribution in [2.75, 3.05) is 17.8 Å². The number of hydrogen-bond acceptors (Lipinski definition) is 3. The highest BCUT2D eigenvalue weighted by atomic mass is 32.2. The summed E-state index contributed by atoms with van der Waals surface area (Å²) in [5.41, 5.74) is 2.59. The molecule has 0 radical (unpaired) electrons. The molecule has 6 heteroatoms. The topological polar surface area (TPSA) is 58.2 Å². The Labute approximate surface area is 129 Å². The summed E-state index contributed by atoms with van der Waals surface area (Å²) >= 11 is 0. The van der Waals surface area contributed by atoms with Gasteiger partial charge in [-0.2, -0.15) is 0 Å². The van der Waals surface area contributed by atoms with Crippen molar-refractivity contribution in [3.63, 3.8) is 0 Å². The fourth-order valence-electron chi connectivity index (χ4n) is 2.55. The van der Waals surface area contributed by atoms with Crippen LogP contribution in [0.1, 0.15) is 11.1 Å². The van der Waals surface area contributed by atoms with Crippen LogP contribution in [0.5, 0.6) is 0 Å². The Morgan fingerprint density at radius 1 is 0.955 bits per heavy atom. The number of nitrogens with one attached hydrogen (secondary N) is 2. The van der Waals surface area contributed by atoms with Crippen molar-refractivity contribution in [3.8, 4) is 0 Å². The first-order valence-electron chi connectivity index (χ1n) is 7.15. The van der Waals surface area contributed by atoms with Gasteiger partial charge in [-0.15, -0.1) is 0 Å². The lowest BCUT2D eigenvalue weighted by atomic mass is 10.0. The lowest BCUT2D eigenvalue weighted by Crippen LogP contribution is -2.16. The fourth-order valence-corrected chi connectivity index (χ4v) is 3.66. The summed E-state index contributed by atoms with van der Waals surface area (Å²) in [6.07, 6.45) is 1.72. The van der Waals surface area contributed by atoms with Gasteiger partial charge in [-0.1, -0.05) is 6.07 Å². The number of hydrogen-bond donors (Lipinski definition) is 2. The van der Waals surface area contributed by atoms with Gasteiger partial charge in [0.15, 0.2) is 0 Å². The first-order valence-corrected chi connectivity index (χ1v) is 8.64. The summed E-state index contributed by atoms with van der Waals surface area (Å²) in [6, 6.07) is 10.5.